The summed E-state index contributed by atoms with van der Waals surface area (Å²) in [6.07, 6.45) is 4.12. The largest absolute Gasteiger partial charge is 0.491 e. The van der Waals surface area contributed by atoms with Crippen LogP contribution in [0.2, 0.25) is 0 Å². The molecule has 0 saturated carbocycles. The van der Waals surface area contributed by atoms with Crippen molar-refractivity contribution in [3.8, 4) is 11.5 Å². The fraction of sp³-hybridized carbons (Fsp3) is 0.478. The molecule has 2 fully saturated rings. The maximum Gasteiger partial charge on any atom is 0.119 e. The van der Waals surface area contributed by atoms with E-state index in [1.54, 1.807) is 0 Å². The second kappa shape index (κ2) is 8.77. The second-order valence-corrected chi connectivity index (χ2v) is 7.37. The van der Waals surface area contributed by atoms with Gasteiger partial charge in [-0.1, -0.05) is 44.0 Å². The molecule has 2 heterocycles. The minimum absolute atomic E-state index is 0.286. The Balaban J connectivity index is 1.42. The molecule has 2 unspecified atom stereocenters. The van der Waals surface area contributed by atoms with E-state index in [0.29, 0.717) is 19.1 Å². The van der Waals surface area contributed by atoms with Crippen LogP contribution in [0.25, 0.3) is 0 Å². The van der Waals surface area contributed by atoms with E-state index in [2.05, 4.69) is 55.5 Å². The first-order valence-electron chi connectivity index (χ1n) is 10.0. The number of ether oxygens (including phenoxy) is 4. The van der Waals surface area contributed by atoms with Crippen molar-refractivity contribution in [3.63, 3.8) is 0 Å². The molecule has 4 rings (SSSR count). The molecular weight excluding hydrogens is 340 g/mol. The molecule has 4 nitrogen and oxygen atoms in total. The number of epoxide rings is 2. The van der Waals surface area contributed by atoms with Gasteiger partial charge in [0.05, 0.1) is 13.2 Å². The first-order valence-corrected chi connectivity index (χ1v) is 10.0. The van der Waals surface area contributed by atoms with Crippen LogP contribution in [0.3, 0.4) is 0 Å². The summed E-state index contributed by atoms with van der Waals surface area (Å²) < 4.78 is 21.9. The van der Waals surface area contributed by atoms with Gasteiger partial charge in [-0.05, 0) is 41.8 Å². The summed E-state index contributed by atoms with van der Waals surface area (Å²) in [6.45, 7) is 5.18. The van der Waals surface area contributed by atoms with E-state index in [1.807, 2.05) is 0 Å². The van der Waals surface area contributed by atoms with Gasteiger partial charge in [0.1, 0.15) is 36.9 Å². The number of hydrogen-bond acceptors (Lipinski definition) is 4. The van der Waals surface area contributed by atoms with Gasteiger partial charge in [0.25, 0.3) is 0 Å². The fourth-order valence-electron chi connectivity index (χ4n) is 3.23. The summed E-state index contributed by atoms with van der Waals surface area (Å²) in [4.78, 5) is 0. The van der Waals surface area contributed by atoms with E-state index in [-0.39, 0.29) is 12.2 Å². The molecule has 27 heavy (non-hydrogen) atoms. The zero-order chi connectivity index (χ0) is 18.5. The smallest absolute Gasteiger partial charge is 0.119 e. The monoisotopic (exact) mass is 368 g/mol. The zero-order valence-corrected chi connectivity index (χ0v) is 15.9. The summed E-state index contributed by atoms with van der Waals surface area (Å²) in [6, 6.07) is 17.1. The van der Waals surface area contributed by atoms with Gasteiger partial charge in [-0.2, -0.15) is 0 Å². The first kappa shape index (κ1) is 18.3. The molecule has 2 atom stereocenters. The summed E-state index contributed by atoms with van der Waals surface area (Å²) in [5.41, 5.74) is 2.66. The third-order valence-electron chi connectivity index (χ3n) is 5.09. The molecule has 2 aromatic carbocycles. The molecule has 0 radical (unpaired) electrons. The standard InChI is InChI=1S/C23H28O4/c1-2-3-4-23(17-5-9-19(10-6-17)24-13-21-15-26-21)18-7-11-20(12-8-18)25-14-22-16-27-22/h5-12,21-23H,2-4,13-16H2,1H3. The molecule has 0 aliphatic carbocycles. The van der Waals surface area contributed by atoms with Crippen molar-refractivity contribution in [1.29, 1.82) is 0 Å². The zero-order valence-electron chi connectivity index (χ0n) is 15.9. The molecular formula is C23H28O4. The van der Waals surface area contributed by atoms with Gasteiger partial charge >= 0.3 is 0 Å². The number of unbranched alkanes of at least 4 members (excludes halogenated alkanes) is 1. The van der Waals surface area contributed by atoms with Crippen LogP contribution in [0.1, 0.15) is 43.2 Å². The van der Waals surface area contributed by atoms with Crippen LogP contribution < -0.4 is 9.47 Å². The second-order valence-electron chi connectivity index (χ2n) is 7.37. The summed E-state index contributed by atoms with van der Waals surface area (Å²) in [5, 5.41) is 0. The van der Waals surface area contributed by atoms with Crippen LogP contribution in [-0.2, 0) is 9.47 Å². The Kier molecular flexibility index (Phi) is 5.95. The van der Waals surface area contributed by atoms with E-state index in [0.717, 1.165) is 31.1 Å². The molecule has 4 heteroatoms. The van der Waals surface area contributed by atoms with Crippen molar-refractivity contribution in [1.82, 2.24) is 0 Å². The van der Waals surface area contributed by atoms with Gasteiger partial charge in [-0.15, -0.1) is 0 Å². The van der Waals surface area contributed by atoms with Gasteiger partial charge in [0.2, 0.25) is 0 Å². The van der Waals surface area contributed by atoms with Crippen LogP contribution in [-0.4, -0.2) is 38.6 Å². The van der Waals surface area contributed by atoms with E-state index in [4.69, 9.17) is 18.9 Å². The summed E-state index contributed by atoms with van der Waals surface area (Å²) >= 11 is 0. The summed E-state index contributed by atoms with van der Waals surface area (Å²) in [7, 11) is 0. The normalized spacial score (nSPS) is 21.5. The predicted molar refractivity (Wildman–Crippen MR) is 105 cm³/mol. The molecule has 0 amide bonds. The molecule has 2 aliphatic rings. The van der Waals surface area contributed by atoms with Crippen LogP contribution in [0.4, 0.5) is 0 Å². The fourth-order valence-corrected chi connectivity index (χ4v) is 3.23. The van der Waals surface area contributed by atoms with Crippen molar-refractivity contribution < 1.29 is 18.9 Å². The number of rotatable bonds is 11. The van der Waals surface area contributed by atoms with Crippen molar-refractivity contribution in [2.75, 3.05) is 26.4 Å². The quantitative estimate of drug-likeness (QED) is 0.545. The third-order valence-corrected chi connectivity index (χ3v) is 5.09. The van der Waals surface area contributed by atoms with Gasteiger partial charge in [0, 0.05) is 5.92 Å². The average Bonchev–Trinajstić information content (AvgIpc) is 3.62. The molecule has 144 valence electrons. The van der Waals surface area contributed by atoms with E-state index >= 15 is 0 Å². The molecule has 0 aromatic heterocycles. The maximum absolute atomic E-state index is 5.77. The minimum atomic E-state index is 0.286. The predicted octanol–water partition coefficient (Wildman–Crippen LogP) is 4.56. The Bertz CT molecular complexity index is 643. The highest BCUT2D eigenvalue weighted by Crippen LogP contribution is 2.32. The lowest BCUT2D eigenvalue weighted by Crippen LogP contribution is -2.06. The van der Waals surface area contributed by atoms with Crippen molar-refractivity contribution in [2.45, 2.75) is 44.3 Å². The van der Waals surface area contributed by atoms with Crippen LogP contribution in [0.5, 0.6) is 11.5 Å². The molecule has 0 spiro atoms. The molecule has 2 aromatic rings. The highest BCUT2D eigenvalue weighted by molar-refractivity contribution is 5.38. The van der Waals surface area contributed by atoms with E-state index < -0.39 is 0 Å². The minimum Gasteiger partial charge on any atom is -0.491 e. The summed E-state index contributed by atoms with van der Waals surface area (Å²) in [5.74, 6) is 2.22. The van der Waals surface area contributed by atoms with Gasteiger partial charge < -0.3 is 18.9 Å². The Labute approximate surface area is 161 Å². The molecule has 2 aliphatic heterocycles. The molecule has 2 saturated heterocycles. The van der Waals surface area contributed by atoms with Crippen LogP contribution in [0.15, 0.2) is 48.5 Å². The third kappa shape index (κ3) is 5.47. The number of benzene rings is 2. The van der Waals surface area contributed by atoms with Crippen molar-refractivity contribution in [2.24, 2.45) is 0 Å². The Hall–Kier alpha value is -2.04. The highest BCUT2D eigenvalue weighted by atomic mass is 16.6. The highest BCUT2D eigenvalue weighted by Gasteiger charge is 2.24. The number of hydrogen-bond donors (Lipinski definition) is 0. The Morgan fingerprint density at radius 3 is 1.63 bits per heavy atom. The van der Waals surface area contributed by atoms with E-state index in [9.17, 15) is 0 Å². The maximum atomic E-state index is 5.77. The topological polar surface area (TPSA) is 43.5 Å². The lowest BCUT2D eigenvalue weighted by atomic mass is 9.87. The lowest BCUT2D eigenvalue weighted by Gasteiger charge is -2.19. The Morgan fingerprint density at radius 2 is 1.26 bits per heavy atom. The van der Waals surface area contributed by atoms with E-state index in [1.165, 1.54) is 24.0 Å². The van der Waals surface area contributed by atoms with Crippen LogP contribution in [0, 0.1) is 0 Å². The average molecular weight is 368 g/mol. The van der Waals surface area contributed by atoms with Gasteiger partial charge in [-0.3, -0.25) is 0 Å². The Morgan fingerprint density at radius 1 is 0.815 bits per heavy atom. The van der Waals surface area contributed by atoms with Crippen molar-refractivity contribution >= 4 is 0 Å². The molecule has 0 bridgehead atoms. The van der Waals surface area contributed by atoms with Crippen LogP contribution >= 0.6 is 0 Å². The van der Waals surface area contributed by atoms with Gasteiger partial charge in [-0.25, -0.2) is 0 Å². The van der Waals surface area contributed by atoms with Crippen molar-refractivity contribution in [3.05, 3.63) is 59.7 Å². The SMILES string of the molecule is CCCCC(c1ccc(OCC2CO2)cc1)c1ccc(OCC2CO2)cc1. The first-order chi connectivity index (χ1) is 13.3. The molecule has 0 N–H and O–H groups in total. The van der Waals surface area contributed by atoms with Gasteiger partial charge in [0.15, 0.2) is 0 Å². The lowest BCUT2D eigenvalue weighted by molar-refractivity contribution is 0.263.